The molecule has 1 unspecified atom stereocenters. The summed E-state index contributed by atoms with van der Waals surface area (Å²) in [5.74, 6) is 0. The summed E-state index contributed by atoms with van der Waals surface area (Å²) in [7, 11) is 1.79. The Morgan fingerprint density at radius 2 is 0.920 bits per heavy atom. The van der Waals surface area contributed by atoms with Crippen LogP contribution in [0.2, 0.25) is 0 Å². The largest absolute Gasteiger partial charge is 0.367 e. The fourth-order valence-electron chi connectivity index (χ4n) is 3.35. The maximum atomic E-state index is 9.13. The molecule has 0 saturated heterocycles. The number of halogens is 1. The lowest BCUT2D eigenvalue weighted by Crippen LogP contribution is -2.37. The lowest BCUT2D eigenvalue weighted by Gasteiger charge is -2.17. The van der Waals surface area contributed by atoms with Gasteiger partial charge in [-0.3, -0.25) is 0 Å². The van der Waals surface area contributed by atoms with Crippen LogP contribution in [0.3, 0.4) is 0 Å². The van der Waals surface area contributed by atoms with Gasteiger partial charge in [-0.25, -0.2) is 0 Å². The van der Waals surface area contributed by atoms with Crippen LogP contribution in [-0.4, -0.2) is 29.6 Å². The Bertz CT molecular complexity index is 240. The third kappa shape index (κ3) is 20.3. The highest BCUT2D eigenvalue weighted by Gasteiger charge is 2.12. The van der Waals surface area contributed by atoms with Crippen molar-refractivity contribution in [2.75, 3.05) is 7.05 Å². The first-order valence-electron chi connectivity index (χ1n) is 10.8. The summed E-state index contributed by atoms with van der Waals surface area (Å²) in [5, 5.41) is 21.2. The number of unbranched alkanes of at least 4 members (excludes halogenated alkanes) is 15. The van der Waals surface area contributed by atoms with Crippen molar-refractivity contribution in [3.8, 4) is 0 Å². The zero-order chi connectivity index (χ0) is 17.9. The topological polar surface area (TPSA) is 52.5 Å². The number of aliphatic hydroxyl groups is 2. The van der Waals surface area contributed by atoms with Crippen LogP contribution in [0.5, 0.6) is 0 Å². The van der Waals surface area contributed by atoms with Gasteiger partial charge in [-0.05, 0) is 13.5 Å². The smallest absolute Gasteiger partial charge is 0.167 e. The molecule has 0 heterocycles. The standard InChI is InChI=1S/C21H45NO2.ClH/c1-3-4-5-6-7-8-9-10-11-12-13-14-15-16-17-18-19-20(22-2)21(23)24;/h20-24H,3-19H2,1-2H3;1H. The highest BCUT2D eigenvalue weighted by molar-refractivity contribution is 5.85. The summed E-state index contributed by atoms with van der Waals surface area (Å²) in [6, 6.07) is -0.170. The summed E-state index contributed by atoms with van der Waals surface area (Å²) in [6.45, 7) is 2.28. The number of rotatable bonds is 19. The quantitative estimate of drug-likeness (QED) is 0.192. The van der Waals surface area contributed by atoms with E-state index in [9.17, 15) is 0 Å². The molecule has 154 valence electrons. The van der Waals surface area contributed by atoms with E-state index in [1.54, 1.807) is 7.05 Å². The molecule has 0 aliphatic carbocycles. The molecule has 0 radical (unpaired) electrons. The van der Waals surface area contributed by atoms with E-state index in [0.29, 0.717) is 0 Å². The number of hydrogen-bond donors (Lipinski definition) is 3. The van der Waals surface area contributed by atoms with Gasteiger partial charge in [0.15, 0.2) is 6.29 Å². The molecule has 4 heteroatoms. The van der Waals surface area contributed by atoms with Crippen LogP contribution in [0, 0.1) is 0 Å². The Hall–Kier alpha value is 0.170. The number of aliphatic hydroxyl groups excluding tert-OH is 1. The summed E-state index contributed by atoms with van der Waals surface area (Å²) < 4.78 is 0. The van der Waals surface area contributed by atoms with Gasteiger partial charge in [-0.1, -0.05) is 110 Å². The Morgan fingerprint density at radius 1 is 0.600 bits per heavy atom. The van der Waals surface area contributed by atoms with Crippen LogP contribution in [0.1, 0.15) is 116 Å². The van der Waals surface area contributed by atoms with Gasteiger partial charge >= 0.3 is 0 Å². The normalized spacial score (nSPS) is 12.4. The van der Waals surface area contributed by atoms with Crippen molar-refractivity contribution in [2.45, 2.75) is 128 Å². The average molecular weight is 380 g/mol. The molecule has 0 spiro atoms. The first-order valence-corrected chi connectivity index (χ1v) is 10.8. The van der Waals surface area contributed by atoms with Crippen molar-refractivity contribution in [1.82, 2.24) is 5.32 Å². The van der Waals surface area contributed by atoms with E-state index in [1.807, 2.05) is 0 Å². The minimum atomic E-state index is -1.23. The highest BCUT2D eigenvalue weighted by Crippen LogP contribution is 2.14. The monoisotopic (exact) mass is 379 g/mol. The van der Waals surface area contributed by atoms with Crippen LogP contribution < -0.4 is 5.32 Å². The Kier molecular flexibility index (Phi) is 24.3. The number of likely N-dealkylation sites (N-methyl/N-ethyl adjacent to an activating group) is 1. The van der Waals surface area contributed by atoms with E-state index < -0.39 is 6.29 Å². The zero-order valence-electron chi connectivity index (χ0n) is 17.0. The second-order valence-corrected chi connectivity index (χ2v) is 7.40. The van der Waals surface area contributed by atoms with Crippen molar-refractivity contribution in [3.05, 3.63) is 0 Å². The second-order valence-electron chi connectivity index (χ2n) is 7.40. The van der Waals surface area contributed by atoms with E-state index in [-0.39, 0.29) is 18.4 Å². The van der Waals surface area contributed by atoms with Crippen molar-refractivity contribution < 1.29 is 10.2 Å². The molecule has 1 atom stereocenters. The van der Waals surface area contributed by atoms with Crippen molar-refractivity contribution >= 4 is 12.4 Å². The molecule has 0 aromatic rings. The van der Waals surface area contributed by atoms with Crippen molar-refractivity contribution in [3.63, 3.8) is 0 Å². The first kappa shape index (κ1) is 27.4. The summed E-state index contributed by atoms with van der Waals surface area (Å²) in [4.78, 5) is 0. The third-order valence-electron chi connectivity index (χ3n) is 5.10. The molecule has 0 amide bonds. The fraction of sp³-hybridized carbons (Fsp3) is 1.00. The molecule has 0 aliphatic heterocycles. The molecule has 0 fully saturated rings. The van der Waals surface area contributed by atoms with Gasteiger partial charge in [0.05, 0.1) is 6.04 Å². The molecule has 0 bridgehead atoms. The zero-order valence-corrected chi connectivity index (χ0v) is 17.8. The van der Waals surface area contributed by atoms with E-state index in [0.717, 1.165) is 12.8 Å². The van der Waals surface area contributed by atoms with Crippen LogP contribution in [0.15, 0.2) is 0 Å². The van der Waals surface area contributed by atoms with Gasteiger partial charge in [-0.15, -0.1) is 12.4 Å². The molecule has 3 N–H and O–H groups in total. The Morgan fingerprint density at radius 3 is 1.20 bits per heavy atom. The third-order valence-corrected chi connectivity index (χ3v) is 5.10. The first-order chi connectivity index (χ1) is 11.7. The lowest BCUT2D eigenvalue weighted by atomic mass is 10.0. The molecule has 0 rings (SSSR count). The lowest BCUT2D eigenvalue weighted by molar-refractivity contribution is -0.0674. The summed E-state index contributed by atoms with van der Waals surface area (Å²) in [5.41, 5.74) is 0. The predicted molar refractivity (Wildman–Crippen MR) is 112 cm³/mol. The molecular weight excluding hydrogens is 334 g/mol. The van der Waals surface area contributed by atoms with Gasteiger partial charge in [0, 0.05) is 0 Å². The predicted octanol–water partition coefficient (Wildman–Crippen LogP) is 5.96. The van der Waals surface area contributed by atoms with Crippen LogP contribution in [-0.2, 0) is 0 Å². The Balaban J connectivity index is 0. The molecule has 0 aromatic carbocycles. The SMILES string of the molecule is CCCCCCCCCCCCCCCCCCC(NC)C(O)O.Cl. The van der Waals surface area contributed by atoms with Crippen molar-refractivity contribution in [2.24, 2.45) is 0 Å². The van der Waals surface area contributed by atoms with Gasteiger partial charge in [0.2, 0.25) is 0 Å². The molecule has 3 nitrogen and oxygen atoms in total. The van der Waals surface area contributed by atoms with Gasteiger partial charge in [0.1, 0.15) is 0 Å². The van der Waals surface area contributed by atoms with E-state index in [4.69, 9.17) is 10.2 Å². The average Bonchev–Trinajstić information content (AvgIpc) is 2.57. The summed E-state index contributed by atoms with van der Waals surface area (Å²) in [6.07, 6.45) is 21.6. The van der Waals surface area contributed by atoms with Crippen molar-refractivity contribution in [1.29, 1.82) is 0 Å². The molecular formula is C21H46ClNO2. The maximum Gasteiger partial charge on any atom is 0.167 e. The van der Waals surface area contributed by atoms with E-state index in [2.05, 4.69) is 12.2 Å². The highest BCUT2D eigenvalue weighted by atomic mass is 35.5. The van der Waals surface area contributed by atoms with E-state index in [1.165, 1.54) is 96.3 Å². The maximum absolute atomic E-state index is 9.13. The van der Waals surface area contributed by atoms with Gasteiger partial charge < -0.3 is 15.5 Å². The number of nitrogens with one attached hydrogen (secondary N) is 1. The number of hydrogen-bond acceptors (Lipinski definition) is 3. The fourth-order valence-corrected chi connectivity index (χ4v) is 3.35. The van der Waals surface area contributed by atoms with Crippen LogP contribution in [0.25, 0.3) is 0 Å². The summed E-state index contributed by atoms with van der Waals surface area (Å²) >= 11 is 0. The van der Waals surface area contributed by atoms with Crippen LogP contribution >= 0.6 is 12.4 Å². The molecule has 0 aliphatic rings. The molecule has 0 aromatic heterocycles. The van der Waals surface area contributed by atoms with E-state index >= 15 is 0 Å². The van der Waals surface area contributed by atoms with Gasteiger partial charge in [0.25, 0.3) is 0 Å². The second kappa shape index (κ2) is 22.2. The minimum Gasteiger partial charge on any atom is -0.367 e. The Labute approximate surface area is 163 Å². The molecule has 25 heavy (non-hydrogen) atoms. The minimum absolute atomic E-state index is 0. The van der Waals surface area contributed by atoms with Gasteiger partial charge in [-0.2, -0.15) is 0 Å². The van der Waals surface area contributed by atoms with Crippen LogP contribution in [0.4, 0.5) is 0 Å². The molecule has 0 saturated carbocycles.